The number of methoxy groups -OCH3 is 1. The summed E-state index contributed by atoms with van der Waals surface area (Å²) in [5.41, 5.74) is 0.442. The molecule has 0 unspecified atom stereocenters. The molecule has 1 N–H and O–H groups in total. The van der Waals surface area contributed by atoms with Gasteiger partial charge in [0.1, 0.15) is 5.57 Å². The van der Waals surface area contributed by atoms with E-state index in [1.54, 1.807) is 42.5 Å². The van der Waals surface area contributed by atoms with E-state index in [9.17, 15) is 9.90 Å². The lowest BCUT2D eigenvalue weighted by Gasteiger charge is -2.15. The van der Waals surface area contributed by atoms with Crippen molar-refractivity contribution in [2.75, 3.05) is 13.7 Å². The molecule has 2 aromatic rings. The molecule has 0 saturated carbocycles. The molecule has 24 heavy (non-hydrogen) atoms. The fourth-order valence-corrected chi connectivity index (χ4v) is 2.09. The van der Waals surface area contributed by atoms with Gasteiger partial charge in [-0.2, -0.15) is 0 Å². The molecule has 0 radical (unpaired) electrons. The standard InChI is InChI=1S/C19H20O5/c1-3-13-23-15-11-7-8-12-16(15)24-19(22-2)17(18(20)21)14-9-5-4-6-10-14/h4-12H,3,13H2,1-2H3,(H,20,21). The Bertz CT molecular complexity index is 707. The van der Waals surface area contributed by atoms with E-state index in [1.807, 2.05) is 19.1 Å². The number of carboxylic acid groups (broad SMARTS) is 1. The number of benzene rings is 2. The summed E-state index contributed by atoms with van der Waals surface area (Å²) in [4.78, 5) is 11.7. The first-order valence-corrected chi connectivity index (χ1v) is 7.64. The topological polar surface area (TPSA) is 65.0 Å². The van der Waals surface area contributed by atoms with Crippen molar-refractivity contribution in [3.05, 3.63) is 66.1 Å². The summed E-state index contributed by atoms with van der Waals surface area (Å²) in [6.07, 6.45) is 0.853. The van der Waals surface area contributed by atoms with Crippen LogP contribution in [0.5, 0.6) is 11.5 Å². The van der Waals surface area contributed by atoms with Crippen LogP contribution in [-0.2, 0) is 9.53 Å². The van der Waals surface area contributed by atoms with Gasteiger partial charge in [0.05, 0.1) is 13.7 Å². The Labute approximate surface area is 141 Å². The first-order chi connectivity index (χ1) is 11.7. The lowest BCUT2D eigenvalue weighted by molar-refractivity contribution is -0.130. The first-order valence-electron chi connectivity index (χ1n) is 7.64. The number of hydrogen-bond donors (Lipinski definition) is 1. The van der Waals surface area contributed by atoms with Gasteiger partial charge in [-0.3, -0.25) is 0 Å². The predicted octanol–water partition coefficient (Wildman–Crippen LogP) is 3.95. The third-order valence-corrected chi connectivity index (χ3v) is 3.18. The van der Waals surface area contributed by atoms with Gasteiger partial charge in [-0.05, 0) is 24.1 Å². The maximum Gasteiger partial charge on any atom is 0.343 e. The second kappa shape index (κ2) is 8.62. The van der Waals surface area contributed by atoms with Gasteiger partial charge in [0, 0.05) is 0 Å². The van der Waals surface area contributed by atoms with E-state index in [1.165, 1.54) is 7.11 Å². The van der Waals surface area contributed by atoms with Crippen LogP contribution in [-0.4, -0.2) is 24.8 Å². The minimum atomic E-state index is -1.13. The Balaban J connectivity index is 2.42. The Morgan fingerprint density at radius 1 is 1.00 bits per heavy atom. The zero-order valence-electron chi connectivity index (χ0n) is 13.7. The van der Waals surface area contributed by atoms with Crippen molar-refractivity contribution in [1.29, 1.82) is 0 Å². The molecule has 126 valence electrons. The van der Waals surface area contributed by atoms with E-state index in [4.69, 9.17) is 14.2 Å². The van der Waals surface area contributed by atoms with Crippen LogP contribution in [0.15, 0.2) is 60.5 Å². The summed E-state index contributed by atoms with van der Waals surface area (Å²) in [5.74, 6) is -0.296. The molecule has 0 bridgehead atoms. The molecular weight excluding hydrogens is 308 g/mol. The summed E-state index contributed by atoms with van der Waals surface area (Å²) in [6.45, 7) is 2.54. The highest BCUT2D eigenvalue weighted by Gasteiger charge is 2.21. The number of rotatable bonds is 8. The average Bonchev–Trinajstić information content (AvgIpc) is 2.61. The van der Waals surface area contributed by atoms with Gasteiger partial charge in [-0.25, -0.2) is 4.79 Å². The van der Waals surface area contributed by atoms with Crippen molar-refractivity contribution in [3.63, 3.8) is 0 Å². The highest BCUT2D eigenvalue weighted by atomic mass is 16.7. The molecule has 0 heterocycles. The lowest BCUT2D eigenvalue weighted by Crippen LogP contribution is -2.10. The first kappa shape index (κ1) is 17.4. The van der Waals surface area contributed by atoms with Gasteiger partial charge in [0.25, 0.3) is 5.95 Å². The lowest BCUT2D eigenvalue weighted by atomic mass is 10.1. The number of para-hydroxylation sites is 2. The van der Waals surface area contributed by atoms with E-state index in [0.29, 0.717) is 23.7 Å². The van der Waals surface area contributed by atoms with E-state index in [-0.39, 0.29) is 11.5 Å². The van der Waals surface area contributed by atoms with Crippen molar-refractivity contribution in [1.82, 2.24) is 0 Å². The van der Waals surface area contributed by atoms with Gasteiger partial charge >= 0.3 is 5.97 Å². The second-order valence-electron chi connectivity index (χ2n) is 4.94. The van der Waals surface area contributed by atoms with Gasteiger partial charge < -0.3 is 19.3 Å². The molecule has 0 saturated heterocycles. The zero-order valence-corrected chi connectivity index (χ0v) is 13.7. The van der Waals surface area contributed by atoms with Crippen LogP contribution in [0.4, 0.5) is 0 Å². The number of hydrogen-bond acceptors (Lipinski definition) is 4. The second-order valence-corrected chi connectivity index (χ2v) is 4.94. The molecule has 2 rings (SSSR count). The Morgan fingerprint density at radius 2 is 1.62 bits per heavy atom. The molecule has 2 aromatic carbocycles. The largest absolute Gasteiger partial charge is 0.490 e. The van der Waals surface area contributed by atoms with Crippen LogP contribution >= 0.6 is 0 Å². The summed E-state index contributed by atoms with van der Waals surface area (Å²) in [6, 6.07) is 15.8. The number of carboxylic acids is 1. The van der Waals surface area contributed by atoms with Gasteiger partial charge in [0.15, 0.2) is 11.5 Å². The third-order valence-electron chi connectivity index (χ3n) is 3.18. The van der Waals surface area contributed by atoms with Gasteiger partial charge in [0.2, 0.25) is 0 Å². The quantitative estimate of drug-likeness (QED) is 0.587. The Kier molecular flexibility index (Phi) is 6.25. The SMILES string of the molecule is CCCOc1ccccc1OC(OC)=C(C(=O)O)c1ccccc1. The molecule has 0 fully saturated rings. The van der Waals surface area contributed by atoms with Crippen LogP contribution in [0.3, 0.4) is 0 Å². The van der Waals surface area contributed by atoms with E-state index in [2.05, 4.69) is 0 Å². The highest BCUT2D eigenvalue weighted by Crippen LogP contribution is 2.30. The predicted molar refractivity (Wildman–Crippen MR) is 90.9 cm³/mol. The fraction of sp³-hybridized carbons (Fsp3) is 0.211. The molecule has 0 spiro atoms. The monoisotopic (exact) mass is 328 g/mol. The summed E-state index contributed by atoms with van der Waals surface area (Å²) >= 11 is 0. The molecule has 0 atom stereocenters. The third kappa shape index (κ3) is 4.29. The van der Waals surface area contributed by atoms with Crippen LogP contribution < -0.4 is 9.47 Å². The number of ether oxygens (including phenoxy) is 3. The van der Waals surface area contributed by atoms with Crippen molar-refractivity contribution in [2.45, 2.75) is 13.3 Å². The molecule has 5 nitrogen and oxygen atoms in total. The molecule has 0 aromatic heterocycles. The Hall–Kier alpha value is -2.95. The smallest absolute Gasteiger partial charge is 0.343 e. The van der Waals surface area contributed by atoms with Crippen molar-refractivity contribution in [2.24, 2.45) is 0 Å². The summed E-state index contributed by atoms with van der Waals surface area (Å²) < 4.78 is 16.6. The van der Waals surface area contributed by atoms with Crippen LogP contribution in [0, 0.1) is 0 Å². The highest BCUT2D eigenvalue weighted by molar-refractivity contribution is 6.15. The normalized spacial score (nSPS) is 11.4. The zero-order chi connectivity index (χ0) is 17.4. The average molecular weight is 328 g/mol. The minimum absolute atomic E-state index is 0.0524. The molecule has 0 aliphatic rings. The minimum Gasteiger partial charge on any atom is -0.490 e. The van der Waals surface area contributed by atoms with Crippen molar-refractivity contribution < 1.29 is 24.1 Å². The maximum absolute atomic E-state index is 11.7. The van der Waals surface area contributed by atoms with Gasteiger partial charge in [-0.1, -0.05) is 49.4 Å². The summed E-state index contributed by atoms with van der Waals surface area (Å²) in [7, 11) is 1.37. The maximum atomic E-state index is 11.7. The Morgan fingerprint density at radius 3 is 2.21 bits per heavy atom. The molecule has 0 amide bonds. The van der Waals surface area contributed by atoms with E-state index in [0.717, 1.165) is 6.42 Å². The van der Waals surface area contributed by atoms with Crippen LogP contribution in [0.2, 0.25) is 0 Å². The summed E-state index contributed by atoms with van der Waals surface area (Å²) in [5, 5.41) is 9.57. The molecular formula is C19H20O5. The van der Waals surface area contributed by atoms with Crippen molar-refractivity contribution >= 4 is 11.5 Å². The van der Waals surface area contributed by atoms with Crippen LogP contribution in [0.1, 0.15) is 18.9 Å². The molecule has 0 aliphatic carbocycles. The fourth-order valence-electron chi connectivity index (χ4n) is 2.09. The van der Waals surface area contributed by atoms with E-state index < -0.39 is 5.97 Å². The number of carbonyl (C=O) groups is 1. The van der Waals surface area contributed by atoms with E-state index >= 15 is 0 Å². The molecule has 5 heteroatoms. The number of aliphatic carboxylic acids is 1. The van der Waals surface area contributed by atoms with Crippen LogP contribution in [0.25, 0.3) is 5.57 Å². The molecule has 0 aliphatic heterocycles. The van der Waals surface area contributed by atoms with Gasteiger partial charge in [-0.15, -0.1) is 0 Å². The van der Waals surface area contributed by atoms with Crippen molar-refractivity contribution in [3.8, 4) is 11.5 Å².